The highest BCUT2D eigenvalue weighted by Crippen LogP contribution is 2.16. The maximum absolute atomic E-state index is 11.9. The first-order chi connectivity index (χ1) is 7.66. The molecule has 1 saturated heterocycles. The Kier molecular flexibility index (Phi) is 3.61. The lowest BCUT2D eigenvalue weighted by atomic mass is 10.00. The quantitative estimate of drug-likeness (QED) is 0.826. The molecule has 1 amide bonds. The number of carbonyl (C=O) groups excluding carboxylic acids is 1. The summed E-state index contributed by atoms with van der Waals surface area (Å²) in [6.45, 7) is 5.21. The summed E-state index contributed by atoms with van der Waals surface area (Å²) < 4.78 is 0. The second-order valence-corrected chi connectivity index (χ2v) is 5.66. The van der Waals surface area contributed by atoms with Crippen LogP contribution in [-0.4, -0.2) is 24.5 Å². The summed E-state index contributed by atoms with van der Waals surface area (Å²) in [5.41, 5.74) is 0. The molecule has 1 aliphatic heterocycles. The van der Waals surface area contributed by atoms with Crippen LogP contribution in [0.15, 0.2) is 12.1 Å². The molecule has 16 heavy (non-hydrogen) atoms. The Balaban J connectivity index is 1.96. The minimum atomic E-state index is 0.0682. The Morgan fingerprint density at radius 1 is 1.56 bits per heavy atom. The monoisotopic (exact) mass is 238 g/mol. The van der Waals surface area contributed by atoms with Crippen LogP contribution in [0, 0.1) is 6.92 Å². The lowest BCUT2D eigenvalue weighted by Gasteiger charge is -2.30. The van der Waals surface area contributed by atoms with Gasteiger partial charge in [-0.05, 0) is 45.4 Å². The van der Waals surface area contributed by atoms with E-state index in [2.05, 4.69) is 17.6 Å². The summed E-state index contributed by atoms with van der Waals surface area (Å²) in [6, 6.07) is 4.53. The number of carbonyl (C=O) groups is 1. The fourth-order valence-corrected chi connectivity index (χ4v) is 2.81. The molecule has 1 aromatic rings. The van der Waals surface area contributed by atoms with Gasteiger partial charge in [-0.1, -0.05) is 0 Å². The Bertz CT molecular complexity index is 375. The first kappa shape index (κ1) is 11.6. The van der Waals surface area contributed by atoms with E-state index in [1.807, 2.05) is 19.1 Å². The molecule has 0 aliphatic carbocycles. The summed E-state index contributed by atoms with van der Waals surface area (Å²) >= 11 is 1.55. The average molecular weight is 238 g/mol. The molecule has 0 radical (unpaired) electrons. The number of hydrogen-bond donors (Lipinski definition) is 2. The van der Waals surface area contributed by atoms with Crippen molar-refractivity contribution in [2.75, 3.05) is 6.54 Å². The van der Waals surface area contributed by atoms with E-state index in [0.717, 1.165) is 24.3 Å². The lowest BCUT2D eigenvalue weighted by Crippen LogP contribution is -2.51. The third-order valence-corrected chi connectivity index (χ3v) is 4.04. The summed E-state index contributed by atoms with van der Waals surface area (Å²) in [7, 11) is 0. The van der Waals surface area contributed by atoms with Crippen molar-refractivity contribution in [1.82, 2.24) is 10.6 Å². The van der Waals surface area contributed by atoms with E-state index >= 15 is 0 Å². The first-order valence-electron chi connectivity index (χ1n) is 5.77. The number of hydrogen-bond acceptors (Lipinski definition) is 3. The maximum Gasteiger partial charge on any atom is 0.261 e. The van der Waals surface area contributed by atoms with Gasteiger partial charge in [0.25, 0.3) is 5.91 Å². The Labute approximate surface area is 100 Å². The van der Waals surface area contributed by atoms with Crippen LogP contribution in [0.3, 0.4) is 0 Å². The predicted octanol–water partition coefficient (Wildman–Crippen LogP) is 1.93. The van der Waals surface area contributed by atoms with Crippen LogP contribution < -0.4 is 10.6 Å². The summed E-state index contributed by atoms with van der Waals surface area (Å²) in [6.07, 6.45) is 2.21. The molecular weight excluding hydrogens is 220 g/mol. The van der Waals surface area contributed by atoms with Crippen LogP contribution in [0.1, 0.15) is 34.3 Å². The number of aryl methyl sites for hydroxylation is 1. The van der Waals surface area contributed by atoms with E-state index < -0.39 is 0 Å². The zero-order valence-corrected chi connectivity index (χ0v) is 10.6. The molecule has 2 atom stereocenters. The van der Waals surface area contributed by atoms with Gasteiger partial charge >= 0.3 is 0 Å². The summed E-state index contributed by atoms with van der Waals surface area (Å²) in [5.74, 6) is 0.0682. The molecule has 1 aromatic heterocycles. The Morgan fingerprint density at radius 3 is 3.00 bits per heavy atom. The molecule has 0 spiro atoms. The molecule has 2 unspecified atom stereocenters. The molecule has 1 fully saturated rings. The summed E-state index contributed by atoms with van der Waals surface area (Å²) in [5, 5.41) is 6.49. The van der Waals surface area contributed by atoms with Crippen molar-refractivity contribution in [3.8, 4) is 0 Å². The van der Waals surface area contributed by atoms with E-state index in [1.54, 1.807) is 11.3 Å². The highest BCUT2D eigenvalue weighted by atomic mass is 32.1. The van der Waals surface area contributed by atoms with E-state index in [0.29, 0.717) is 6.04 Å². The van der Waals surface area contributed by atoms with Crippen molar-refractivity contribution >= 4 is 17.2 Å². The zero-order valence-electron chi connectivity index (χ0n) is 9.75. The number of piperidine rings is 1. The SMILES string of the molecule is Cc1ccc(C(=O)NC2CCCNC2C)s1. The first-order valence-corrected chi connectivity index (χ1v) is 6.59. The third kappa shape index (κ3) is 2.62. The molecule has 4 heteroatoms. The minimum Gasteiger partial charge on any atom is -0.347 e. The van der Waals surface area contributed by atoms with Gasteiger partial charge in [0.1, 0.15) is 0 Å². The van der Waals surface area contributed by atoms with Crippen molar-refractivity contribution in [2.24, 2.45) is 0 Å². The van der Waals surface area contributed by atoms with E-state index in [-0.39, 0.29) is 11.9 Å². The molecule has 1 aliphatic rings. The molecule has 2 N–H and O–H groups in total. The number of amides is 1. The van der Waals surface area contributed by atoms with Crippen LogP contribution in [-0.2, 0) is 0 Å². The standard InChI is InChI=1S/C12H18N2OS/c1-8-5-6-11(16-8)12(15)14-10-4-3-7-13-9(10)2/h5-6,9-10,13H,3-4,7H2,1-2H3,(H,14,15). The normalized spacial score (nSPS) is 25.4. The van der Waals surface area contributed by atoms with Gasteiger partial charge in [0.05, 0.1) is 4.88 Å². The van der Waals surface area contributed by atoms with Gasteiger partial charge in [-0.15, -0.1) is 11.3 Å². The maximum atomic E-state index is 11.9. The van der Waals surface area contributed by atoms with Gasteiger partial charge in [-0.2, -0.15) is 0 Å². The number of thiophene rings is 1. The summed E-state index contributed by atoms with van der Waals surface area (Å²) in [4.78, 5) is 13.9. The molecule has 0 aromatic carbocycles. The highest BCUT2D eigenvalue weighted by molar-refractivity contribution is 7.13. The highest BCUT2D eigenvalue weighted by Gasteiger charge is 2.23. The topological polar surface area (TPSA) is 41.1 Å². The van der Waals surface area contributed by atoms with Gasteiger partial charge in [-0.3, -0.25) is 4.79 Å². The number of rotatable bonds is 2. The molecule has 3 nitrogen and oxygen atoms in total. The molecular formula is C12H18N2OS. The second kappa shape index (κ2) is 4.97. The molecule has 0 saturated carbocycles. The van der Waals surface area contributed by atoms with Crippen LogP contribution >= 0.6 is 11.3 Å². The Hall–Kier alpha value is -0.870. The van der Waals surface area contributed by atoms with Crippen LogP contribution in [0.5, 0.6) is 0 Å². The molecule has 2 rings (SSSR count). The molecule has 88 valence electrons. The smallest absolute Gasteiger partial charge is 0.261 e. The zero-order chi connectivity index (χ0) is 11.5. The average Bonchev–Trinajstić information content (AvgIpc) is 2.68. The lowest BCUT2D eigenvalue weighted by molar-refractivity contribution is 0.0924. The number of nitrogens with one attached hydrogen (secondary N) is 2. The van der Waals surface area contributed by atoms with Crippen molar-refractivity contribution in [3.05, 3.63) is 21.9 Å². The van der Waals surface area contributed by atoms with Crippen molar-refractivity contribution in [3.63, 3.8) is 0 Å². The largest absolute Gasteiger partial charge is 0.347 e. The minimum absolute atomic E-state index is 0.0682. The van der Waals surface area contributed by atoms with Crippen LogP contribution in [0.25, 0.3) is 0 Å². The Morgan fingerprint density at radius 2 is 2.38 bits per heavy atom. The van der Waals surface area contributed by atoms with Crippen molar-refractivity contribution in [1.29, 1.82) is 0 Å². The van der Waals surface area contributed by atoms with Gasteiger partial charge < -0.3 is 10.6 Å². The fraction of sp³-hybridized carbons (Fsp3) is 0.583. The van der Waals surface area contributed by atoms with Gasteiger partial charge in [0.2, 0.25) is 0 Å². The molecule has 2 heterocycles. The van der Waals surface area contributed by atoms with Crippen LogP contribution in [0.4, 0.5) is 0 Å². The second-order valence-electron chi connectivity index (χ2n) is 4.38. The van der Waals surface area contributed by atoms with E-state index in [9.17, 15) is 4.79 Å². The predicted molar refractivity (Wildman–Crippen MR) is 67.0 cm³/mol. The van der Waals surface area contributed by atoms with Gasteiger partial charge in [-0.25, -0.2) is 0 Å². The van der Waals surface area contributed by atoms with Crippen molar-refractivity contribution < 1.29 is 4.79 Å². The van der Waals surface area contributed by atoms with E-state index in [1.165, 1.54) is 4.88 Å². The van der Waals surface area contributed by atoms with Gasteiger partial charge in [0, 0.05) is 17.0 Å². The fourth-order valence-electron chi connectivity index (χ4n) is 2.04. The van der Waals surface area contributed by atoms with Crippen molar-refractivity contribution in [2.45, 2.75) is 38.8 Å². The van der Waals surface area contributed by atoms with Crippen LogP contribution in [0.2, 0.25) is 0 Å². The van der Waals surface area contributed by atoms with Gasteiger partial charge in [0.15, 0.2) is 0 Å². The third-order valence-electron chi connectivity index (χ3n) is 3.04. The molecule has 0 bridgehead atoms. The van der Waals surface area contributed by atoms with E-state index in [4.69, 9.17) is 0 Å².